The molecule has 0 saturated heterocycles. The summed E-state index contributed by atoms with van der Waals surface area (Å²) in [5, 5.41) is 2.91. The van der Waals surface area contributed by atoms with Crippen LogP contribution in [0.25, 0.3) is 0 Å². The molecule has 0 unspecified atom stereocenters. The fraction of sp³-hybridized carbons (Fsp3) is 0.231. The summed E-state index contributed by atoms with van der Waals surface area (Å²) < 4.78 is 5.53. The van der Waals surface area contributed by atoms with Gasteiger partial charge in [0.1, 0.15) is 12.6 Å². The summed E-state index contributed by atoms with van der Waals surface area (Å²) in [7, 11) is 0. The lowest BCUT2D eigenvalue weighted by atomic mass is 10.0. The fourth-order valence-electron chi connectivity index (χ4n) is 3.78. The number of carbonyl (C=O) groups is 2. The summed E-state index contributed by atoms with van der Waals surface area (Å²) in [5.41, 5.74) is 4.30. The van der Waals surface area contributed by atoms with E-state index < -0.39 is 12.0 Å². The van der Waals surface area contributed by atoms with Gasteiger partial charge in [0.2, 0.25) is 0 Å². The molecule has 31 heavy (non-hydrogen) atoms. The van der Waals surface area contributed by atoms with E-state index in [1.807, 2.05) is 78.9 Å². The standard InChI is InChI=1S/C26H26N2O3/c29-25(31-19-21-11-5-2-6-12-21)24(17-20-9-3-1-4-10-20)27-26(30)28-16-15-22-13-7-8-14-23(22)18-28/h1-14,24H,15-19H2,(H,27,30)/t24-/m0/s1. The number of hydrogen-bond acceptors (Lipinski definition) is 3. The Bertz CT molecular complexity index is 1020. The van der Waals surface area contributed by atoms with Crippen LogP contribution in [-0.4, -0.2) is 29.5 Å². The van der Waals surface area contributed by atoms with Gasteiger partial charge in [-0.3, -0.25) is 0 Å². The number of amides is 2. The SMILES string of the molecule is O=C(OCc1ccccc1)[C@H](Cc1ccccc1)NC(=O)N1CCc2ccccc2C1. The summed E-state index contributed by atoms with van der Waals surface area (Å²) >= 11 is 0. The van der Waals surface area contributed by atoms with E-state index in [-0.39, 0.29) is 12.6 Å². The Morgan fingerprint density at radius 1 is 0.839 bits per heavy atom. The minimum Gasteiger partial charge on any atom is -0.459 e. The van der Waals surface area contributed by atoms with E-state index in [4.69, 9.17) is 4.74 Å². The van der Waals surface area contributed by atoms with E-state index in [1.165, 1.54) is 5.56 Å². The Labute approximate surface area is 182 Å². The number of ether oxygens (including phenoxy) is 1. The second-order valence-corrected chi connectivity index (χ2v) is 7.73. The van der Waals surface area contributed by atoms with Crippen LogP contribution in [0.15, 0.2) is 84.9 Å². The molecular formula is C26H26N2O3. The van der Waals surface area contributed by atoms with E-state index in [0.29, 0.717) is 19.5 Å². The third-order valence-corrected chi connectivity index (χ3v) is 5.51. The summed E-state index contributed by atoms with van der Waals surface area (Å²) in [6.07, 6.45) is 1.19. The number of rotatable bonds is 6. The third-order valence-electron chi connectivity index (χ3n) is 5.51. The molecular weight excluding hydrogens is 388 g/mol. The molecule has 0 saturated carbocycles. The van der Waals surface area contributed by atoms with Gasteiger partial charge in [0.15, 0.2) is 0 Å². The maximum absolute atomic E-state index is 13.0. The Morgan fingerprint density at radius 3 is 2.16 bits per heavy atom. The molecule has 0 fully saturated rings. The third kappa shape index (κ3) is 5.51. The largest absolute Gasteiger partial charge is 0.459 e. The van der Waals surface area contributed by atoms with Crippen LogP contribution in [0.4, 0.5) is 4.79 Å². The molecule has 5 heteroatoms. The minimum absolute atomic E-state index is 0.178. The average Bonchev–Trinajstić information content (AvgIpc) is 2.83. The molecule has 0 bridgehead atoms. The van der Waals surface area contributed by atoms with Crippen LogP contribution >= 0.6 is 0 Å². The monoisotopic (exact) mass is 414 g/mol. The van der Waals surface area contributed by atoms with E-state index >= 15 is 0 Å². The Morgan fingerprint density at radius 2 is 1.45 bits per heavy atom. The van der Waals surface area contributed by atoms with Crippen molar-refractivity contribution in [3.8, 4) is 0 Å². The zero-order valence-electron chi connectivity index (χ0n) is 17.4. The molecule has 0 aromatic heterocycles. The average molecular weight is 415 g/mol. The first-order valence-electron chi connectivity index (χ1n) is 10.6. The fourth-order valence-corrected chi connectivity index (χ4v) is 3.78. The van der Waals surface area contributed by atoms with Gasteiger partial charge in [-0.25, -0.2) is 9.59 Å². The first-order chi connectivity index (χ1) is 15.2. The second-order valence-electron chi connectivity index (χ2n) is 7.73. The zero-order chi connectivity index (χ0) is 21.5. The predicted octanol–water partition coefficient (Wildman–Crippen LogP) is 4.11. The number of carbonyl (C=O) groups excluding carboxylic acids is 2. The molecule has 0 radical (unpaired) electrons. The number of benzene rings is 3. The van der Waals surface area contributed by atoms with E-state index in [2.05, 4.69) is 11.4 Å². The predicted molar refractivity (Wildman–Crippen MR) is 119 cm³/mol. The van der Waals surface area contributed by atoms with Crippen LogP contribution in [0.2, 0.25) is 0 Å². The van der Waals surface area contributed by atoms with Crippen molar-refractivity contribution >= 4 is 12.0 Å². The van der Waals surface area contributed by atoms with Gasteiger partial charge in [0.25, 0.3) is 0 Å². The number of nitrogens with zero attached hydrogens (tertiary/aromatic N) is 1. The molecule has 0 aliphatic carbocycles. The maximum Gasteiger partial charge on any atom is 0.329 e. The highest BCUT2D eigenvalue weighted by Gasteiger charge is 2.27. The molecule has 0 spiro atoms. The molecule has 2 amide bonds. The summed E-state index contributed by atoms with van der Waals surface area (Å²) in [5.74, 6) is -0.432. The molecule has 1 heterocycles. The number of urea groups is 1. The molecule has 1 aliphatic rings. The highest BCUT2D eigenvalue weighted by molar-refractivity contribution is 5.84. The van der Waals surface area contributed by atoms with Gasteiger partial charge in [-0.05, 0) is 28.7 Å². The minimum atomic E-state index is -0.754. The maximum atomic E-state index is 13.0. The van der Waals surface area contributed by atoms with Crippen molar-refractivity contribution in [1.29, 1.82) is 0 Å². The van der Waals surface area contributed by atoms with Crippen molar-refractivity contribution in [2.75, 3.05) is 6.54 Å². The molecule has 1 aliphatic heterocycles. The molecule has 3 aromatic carbocycles. The highest BCUT2D eigenvalue weighted by Crippen LogP contribution is 2.18. The number of hydrogen-bond donors (Lipinski definition) is 1. The van der Waals surface area contributed by atoms with Crippen molar-refractivity contribution in [2.24, 2.45) is 0 Å². The molecule has 3 aromatic rings. The van der Waals surface area contributed by atoms with Gasteiger partial charge in [-0.1, -0.05) is 84.9 Å². The van der Waals surface area contributed by atoms with Crippen LogP contribution in [0, 0.1) is 0 Å². The molecule has 158 valence electrons. The topological polar surface area (TPSA) is 58.6 Å². The van der Waals surface area contributed by atoms with Crippen molar-refractivity contribution in [3.63, 3.8) is 0 Å². The smallest absolute Gasteiger partial charge is 0.329 e. The van der Waals surface area contributed by atoms with E-state index in [9.17, 15) is 9.59 Å². The van der Waals surface area contributed by atoms with Crippen LogP contribution in [0.5, 0.6) is 0 Å². The molecule has 4 rings (SSSR count). The number of esters is 1. The van der Waals surface area contributed by atoms with E-state index in [1.54, 1.807) is 4.90 Å². The summed E-state index contributed by atoms with van der Waals surface area (Å²) in [6.45, 7) is 1.34. The van der Waals surface area contributed by atoms with Gasteiger partial charge < -0.3 is 15.0 Å². The highest BCUT2D eigenvalue weighted by atomic mass is 16.5. The molecule has 1 N–H and O–H groups in total. The first-order valence-corrected chi connectivity index (χ1v) is 10.6. The van der Waals surface area contributed by atoms with Gasteiger partial charge >= 0.3 is 12.0 Å². The van der Waals surface area contributed by atoms with Crippen molar-refractivity contribution < 1.29 is 14.3 Å². The van der Waals surface area contributed by atoms with Crippen LogP contribution in [0.1, 0.15) is 22.3 Å². The van der Waals surface area contributed by atoms with Crippen molar-refractivity contribution in [2.45, 2.75) is 32.0 Å². The molecule has 5 nitrogen and oxygen atoms in total. The lowest BCUT2D eigenvalue weighted by molar-refractivity contribution is -0.147. The Kier molecular flexibility index (Phi) is 6.62. The Balaban J connectivity index is 1.43. The second kappa shape index (κ2) is 9.94. The number of fused-ring (bicyclic) bond motifs is 1. The van der Waals surface area contributed by atoms with Crippen molar-refractivity contribution in [3.05, 3.63) is 107 Å². The van der Waals surface area contributed by atoms with Gasteiger partial charge in [-0.15, -0.1) is 0 Å². The molecule has 1 atom stereocenters. The van der Waals surface area contributed by atoms with Crippen LogP contribution in [-0.2, 0) is 35.5 Å². The number of nitrogens with one attached hydrogen (secondary N) is 1. The lowest BCUT2D eigenvalue weighted by Gasteiger charge is -2.30. The Hall–Kier alpha value is -3.60. The first kappa shape index (κ1) is 20.7. The lowest BCUT2D eigenvalue weighted by Crippen LogP contribution is -2.50. The summed E-state index contributed by atoms with van der Waals surface area (Å²) in [6, 6.07) is 26.4. The van der Waals surface area contributed by atoms with Crippen LogP contribution < -0.4 is 5.32 Å². The van der Waals surface area contributed by atoms with E-state index in [0.717, 1.165) is 23.1 Å². The van der Waals surface area contributed by atoms with Gasteiger partial charge in [-0.2, -0.15) is 0 Å². The van der Waals surface area contributed by atoms with Gasteiger partial charge in [0, 0.05) is 19.5 Å². The summed E-state index contributed by atoms with van der Waals surface area (Å²) in [4.78, 5) is 27.6. The quantitative estimate of drug-likeness (QED) is 0.618. The van der Waals surface area contributed by atoms with Crippen molar-refractivity contribution in [1.82, 2.24) is 10.2 Å². The van der Waals surface area contributed by atoms with Crippen LogP contribution in [0.3, 0.4) is 0 Å². The zero-order valence-corrected chi connectivity index (χ0v) is 17.4. The van der Waals surface area contributed by atoms with Gasteiger partial charge in [0.05, 0.1) is 0 Å². The normalized spacial score (nSPS) is 13.7.